The Bertz CT molecular complexity index is 95.6. The van der Waals surface area contributed by atoms with E-state index in [0.717, 1.165) is 0 Å². The van der Waals surface area contributed by atoms with E-state index in [9.17, 15) is 0 Å². The molecule has 7 heteroatoms. The van der Waals surface area contributed by atoms with Crippen molar-refractivity contribution in [2.45, 2.75) is 0 Å². The van der Waals surface area contributed by atoms with Crippen LogP contribution in [0.1, 0.15) is 1.43 Å². The zero-order valence-corrected chi connectivity index (χ0v) is 7.56. The Morgan fingerprint density at radius 2 is 1.29 bits per heavy atom. The monoisotopic (exact) mass is 156 g/mol. The van der Waals surface area contributed by atoms with Crippen LogP contribution in [0.4, 0.5) is 0 Å². The van der Waals surface area contributed by atoms with Gasteiger partial charge in [-0.1, -0.05) is 0 Å². The molecular formula is H5KO5S. The summed E-state index contributed by atoms with van der Waals surface area (Å²) in [4.78, 5) is 0. The maximum atomic E-state index is 8.74. The third kappa shape index (κ3) is 104. The van der Waals surface area contributed by atoms with Crippen LogP contribution in [-0.2, 0) is 10.4 Å². The molecule has 42 valence electrons. The van der Waals surface area contributed by atoms with Crippen molar-refractivity contribution in [2.75, 3.05) is 0 Å². The van der Waals surface area contributed by atoms with E-state index >= 15 is 0 Å². The van der Waals surface area contributed by atoms with Gasteiger partial charge in [0.05, 0.1) is 0 Å². The average Bonchev–Trinajstić information content (AvgIpc) is 0.722. The molecule has 0 atom stereocenters. The standard InChI is InChI=1S/K.H2O4S.H2O.H/c;1-5(2,3)4;;/h;(H2,1,2,3,4);1H2;/q+1;;;-1. The molecule has 0 radical (unpaired) electrons. The summed E-state index contributed by atoms with van der Waals surface area (Å²) in [6, 6.07) is 0. The second-order valence-electron chi connectivity index (χ2n) is 0.448. The van der Waals surface area contributed by atoms with Crippen molar-refractivity contribution in [1.82, 2.24) is 0 Å². The van der Waals surface area contributed by atoms with Crippen LogP contribution in [0.3, 0.4) is 0 Å². The van der Waals surface area contributed by atoms with E-state index in [4.69, 9.17) is 17.5 Å². The fourth-order valence-electron chi connectivity index (χ4n) is 0. The van der Waals surface area contributed by atoms with Crippen LogP contribution in [0.2, 0.25) is 0 Å². The minimum atomic E-state index is -4.67. The third-order valence-corrected chi connectivity index (χ3v) is 0. The van der Waals surface area contributed by atoms with Crippen LogP contribution in [0, 0.1) is 0 Å². The van der Waals surface area contributed by atoms with Gasteiger partial charge in [0.25, 0.3) is 0 Å². The first-order valence-corrected chi connectivity index (χ1v) is 2.10. The molecule has 0 fully saturated rings. The summed E-state index contributed by atoms with van der Waals surface area (Å²) >= 11 is 0. The molecule has 0 spiro atoms. The Balaban J connectivity index is -0.0000000267. The van der Waals surface area contributed by atoms with E-state index in [0.29, 0.717) is 0 Å². The summed E-state index contributed by atoms with van der Waals surface area (Å²) in [5.41, 5.74) is 0. The van der Waals surface area contributed by atoms with E-state index < -0.39 is 10.4 Å². The van der Waals surface area contributed by atoms with Crippen LogP contribution < -0.4 is 51.4 Å². The van der Waals surface area contributed by atoms with E-state index in [1.165, 1.54) is 0 Å². The molecule has 0 unspecified atom stereocenters. The summed E-state index contributed by atoms with van der Waals surface area (Å²) in [5, 5.41) is 0. The molecule has 0 rings (SSSR count). The van der Waals surface area contributed by atoms with Gasteiger partial charge in [0.2, 0.25) is 0 Å². The molecule has 0 aromatic rings. The summed E-state index contributed by atoms with van der Waals surface area (Å²) in [7, 11) is -4.67. The summed E-state index contributed by atoms with van der Waals surface area (Å²) in [6.45, 7) is 0. The molecule has 0 aliphatic rings. The van der Waals surface area contributed by atoms with E-state index in [1.807, 2.05) is 0 Å². The number of hydrogen-bond donors (Lipinski definition) is 2. The van der Waals surface area contributed by atoms with Crippen molar-refractivity contribution in [3.05, 3.63) is 0 Å². The molecule has 5 nitrogen and oxygen atoms in total. The average molecular weight is 156 g/mol. The van der Waals surface area contributed by atoms with Crippen molar-refractivity contribution in [2.24, 2.45) is 0 Å². The normalized spacial score (nSPS) is 8.29. The summed E-state index contributed by atoms with van der Waals surface area (Å²) < 4.78 is 31.6. The summed E-state index contributed by atoms with van der Waals surface area (Å²) in [6.07, 6.45) is 0. The predicted molar refractivity (Wildman–Crippen MR) is 18.9 cm³/mol. The van der Waals surface area contributed by atoms with Gasteiger partial charge in [-0.2, -0.15) is 8.42 Å². The van der Waals surface area contributed by atoms with Gasteiger partial charge in [-0.15, -0.1) is 0 Å². The molecule has 4 N–H and O–H groups in total. The Labute approximate surface area is 84.9 Å². The van der Waals surface area contributed by atoms with Gasteiger partial charge in [-0.25, -0.2) is 0 Å². The zero-order chi connectivity index (χ0) is 4.50. The molecule has 0 saturated heterocycles. The fourth-order valence-corrected chi connectivity index (χ4v) is 0. The van der Waals surface area contributed by atoms with E-state index in [-0.39, 0.29) is 58.3 Å². The van der Waals surface area contributed by atoms with Crippen LogP contribution >= 0.6 is 0 Å². The van der Waals surface area contributed by atoms with Gasteiger partial charge in [-0.3, -0.25) is 9.11 Å². The van der Waals surface area contributed by atoms with Crippen LogP contribution in [0.5, 0.6) is 0 Å². The maximum Gasteiger partial charge on any atom is 1.00 e. The first-order chi connectivity index (χ1) is 2.00. The van der Waals surface area contributed by atoms with Gasteiger partial charge in [0.15, 0.2) is 0 Å². The molecule has 0 amide bonds. The minimum absolute atomic E-state index is 0. The second kappa shape index (κ2) is 5.60. The van der Waals surface area contributed by atoms with Crippen LogP contribution in [-0.4, -0.2) is 23.0 Å². The smallest absolute Gasteiger partial charge is 1.00 e. The Morgan fingerprint density at radius 3 is 1.29 bits per heavy atom. The molecule has 0 aromatic heterocycles. The van der Waals surface area contributed by atoms with Crippen molar-refractivity contribution < 1.29 is 75.8 Å². The first kappa shape index (κ1) is 15.8. The molecule has 0 saturated carbocycles. The largest absolute Gasteiger partial charge is 1.00 e. The molecule has 0 aromatic carbocycles. The van der Waals surface area contributed by atoms with Crippen molar-refractivity contribution >= 4 is 10.4 Å². The van der Waals surface area contributed by atoms with Gasteiger partial charge < -0.3 is 6.90 Å². The van der Waals surface area contributed by atoms with Crippen molar-refractivity contribution in [1.29, 1.82) is 0 Å². The maximum absolute atomic E-state index is 8.74. The van der Waals surface area contributed by atoms with Crippen LogP contribution in [0.25, 0.3) is 0 Å². The molecule has 7 heavy (non-hydrogen) atoms. The minimum Gasteiger partial charge on any atom is -1.00 e. The summed E-state index contributed by atoms with van der Waals surface area (Å²) in [5.74, 6) is 0. The SMILES string of the molecule is O.O=S(=O)(O)O.[H-].[K+]. The molecule has 0 heterocycles. The third-order valence-electron chi connectivity index (χ3n) is 0. The van der Waals surface area contributed by atoms with E-state index in [2.05, 4.69) is 0 Å². The van der Waals surface area contributed by atoms with Crippen molar-refractivity contribution in [3.8, 4) is 0 Å². The Kier molecular flexibility index (Phi) is 12.6. The van der Waals surface area contributed by atoms with E-state index in [1.54, 1.807) is 0 Å². The van der Waals surface area contributed by atoms with Gasteiger partial charge in [0, 0.05) is 0 Å². The topological polar surface area (TPSA) is 106 Å². The van der Waals surface area contributed by atoms with Crippen LogP contribution in [0.15, 0.2) is 0 Å². The molecule has 0 aliphatic heterocycles. The Hall–Kier alpha value is 1.47. The molecule has 0 aliphatic carbocycles. The molecular weight excluding hydrogens is 151 g/mol. The Morgan fingerprint density at radius 1 is 1.29 bits per heavy atom. The number of rotatable bonds is 0. The predicted octanol–water partition coefficient (Wildman–Crippen LogP) is -4.36. The number of hydrogen-bond acceptors (Lipinski definition) is 2. The fraction of sp³-hybridized carbons (Fsp3) is 0. The molecule has 0 bridgehead atoms. The first-order valence-electron chi connectivity index (χ1n) is 0.698. The van der Waals surface area contributed by atoms with Gasteiger partial charge in [-0.05, 0) is 0 Å². The van der Waals surface area contributed by atoms with Gasteiger partial charge >= 0.3 is 61.8 Å². The second-order valence-corrected chi connectivity index (χ2v) is 1.34. The van der Waals surface area contributed by atoms with Crippen molar-refractivity contribution in [3.63, 3.8) is 0 Å². The quantitative estimate of drug-likeness (QED) is 0.273. The van der Waals surface area contributed by atoms with Gasteiger partial charge in [0.1, 0.15) is 0 Å². The zero-order valence-electron chi connectivity index (χ0n) is 4.62.